The highest BCUT2D eigenvalue weighted by Crippen LogP contribution is 2.29. The maximum absolute atomic E-state index is 12.6. The van der Waals surface area contributed by atoms with Crippen LogP contribution in [0.25, 0.3) is 0 Å². The normalized spacial score (nSPS) is 16.4. The first-order chi connectivity index (χ1) is 15.3. The maximum atomic E-state index is 12.6. The first-order valence-corrected chi connectivity index (χ1v) is 11.3. The molecule has 2 aromatic rings. The van der Waals surface area contributed by atoms with Crippen LogP contribution in [0.5, 0.6) is 0 Å². The average molecular weight is 456 g/mol. The lowest BCUT2D eigenvalue weighted by atomic mass is 10.1. The largest absolute Gasteiger partial charge is 0.452 e. The van der Waals surface area contributed by atoms with Gasteiger partial charge in [-0.15, -0.1) is 11.8 Å². The summed E-state index contributed by atoms with van der Waals surface area (Å²) in [6.07, 6.45) is 0.970. The molecule has 0 aromatic heterocycles. The second kappa shape index (κ2) is 10.3. The molecular weight excluding hydrogens is 430 g/mol. The molecule has 1 saturated heterocycles. The number of ether oxygens (including phenoxy) is 1. The fourth-order valence-corrected chi connectivity index (χ4v) is 3.75. The van der Waals surface area contributed by atoms with Gasteiger partial charge < -0.3 is 20.3 Å². The third-order valence-corrected chi connectivity index (χ3v) is 5.68. The third-order valence-electron chi connectivity index (χ3n) is 4.96. The number of carbonyl (C=O) groups excluding carboxylic acids is 4. The van der Waals surface area contributed by atoms with Crippen molar-refractivity contribution in [1.29, 1.82) is 0 Å². The van der Waals surface area contributed by atoms with E-state index in [1.807, 2.05) is 30.5 Å². The summed E-state index contributed by atoms with van der Waals surface area (Å²) in [5.41, 5.74) is 1.85. The van der Waals surface area contributed by atoms with Crippen LogP contribution in [0.2, 0.25) is 0 Å². The molecule has 2 N–H and O–H groups in total. The number of nitrogens with zero attached hydrogens (tertiary/aromatic N) is 1. The Labute approximate surface area is 190 Å². The van der Waals surface area contributed by atoms with E-state index in [9.17, 15) is 19.2 Å². The Bertz CT molecular complexity index is 1020. The minimum Gasteiger partial charge on any atom is -0.452 e. The minimum atomic E-state index is -1.03. The number of carbonyl (C=O) groups is 4. The Hall–Kier alpha value is -3.33. The van der Waals surface area contributed by atoms with Crippen LogP contribution < -0.4 is 15.5 Å². The van der Waals surface area contributed by atoms with Gasteiger partial charge in [0.1, 0.15) is 0 Å². The fourth-order valence-electron chi connectivity index (χ4n) is 3.30. The van der Waals surface area contributed by atoms with Gasteiger partial charge in [0.15, 0.2) is 6.10 Å². The molecule has 9 heteroatoms. The van der Waals surface area contributed by atoms with Crippen LogP contribution >= 0.6 is 11.8 Å². The molecule has 0 radical (unpaired) electrons. The summed E-state index contributed by atoms with van der Waals surface area (Å²) in [6.45, 7) is 3.11. The molecule has 0 spiro atoms. The minimum absolute atomic E-state index is 0.0429. The lowest BCUT2D eigenvalue weighted by Gasteiger charge is -2.18. The predicted molar refractivity (Wildman–Crippen MR) is 124 cm³/mol. The molecule has 3 amide bonds. The zero-order valence-corrected chi connectivity index (χ0v) is 18.9. The summed E-state index contributed by atoms with van der Waals surface area (Å²) >= 11 is 1.57. The molecule has 0 aliphatic carbocycles. The number of rotatable bonds is 7. The van der Waals surface area contributed by atoms with E-state index in [-0.39, 0.29) is 24.8 Å². The van der Waals surface area contributed by atoms with E-state index in [2.05, 4.69) is 10.6 Å². The number of nitrogens with one attached hydrogen (secondary N) is 2. The summed E-state index contributed by atoms with van der Waals surface area (Å²) in [4.78, 5) is 51.1. The third kappa shape index (κ3) is 5.88. The van der Waals surface area contributed by atoms with Crippen molar-refractivity contribution in [2.24, 2.45) is 5.92 Å². The Morgan fingerprint density at radius 1 is 1.09 bits per heavy atom. The van der Waals surface area contributed by atoms with E-state index < -0.39 is 23.9 Å². The maximum Gasteiger partial charge on any atom is 0.312 e. The van der Waals surface area contributed by atoms with Crippen LogP contribution in [0.4, 0.5) is 17.1 Å². The first kappa shape index (κ1) is 23.3. The lowest BCUT2D eigenvalue weighted by Crippen LogP contribution is -2.33. The molecule has 2 aromatic carbocycles. The summed E-state index contributed by atoms with van der Waals surface area (Å²) in [5.74, 6) is -2.04. The first-order valence-electron chi connectivity index (χ1n) is 10.1. The van der Waals surface area contributed by atoms with Crippen molar-refractivity contribution in [2.75, 3.05) is 28.3 Å². The zero-order valence-electron chi connectivity index (χ0n) is 18.1. The molecule has 8 nitrogen and oxygen atoms in total. The molecular formula is C23H25N3O5S. The molecule has 32 heavy (non-hydrogen) atoms. The van der Waals surface area contributed by atoms with Crippen molar-refractivity contribution < 1.29 is 23.9 Å². The van der Waals surface area contributed by atoms with E-state index in [0.717, 1.165) is 10.6 Å². The van der Waals surface area contributed by atoms with Crippen LogP contribution in [-0.4, -0.2) is 42.6 Å². The monoisotopic (exact) mass is 455 g/mol. The number of benzene rings is 2. The molecule has 1 aliphatic rings. The number of thioether (sulfide) groups is 1. The lowest BCUT2D eigenvalue weighted by molar-refractivity contribution is -0.157. The van der Waals surface area contributed by atoms with Gasteiger partial charge in [0, 0.05) is 41.8 Å². The standard InChI is InChI=1S/C23H25N3O5S/c1-14(22(29)25-18-9-7-17(8-10-18)24-15(2)27)31-23(30)16-11-21(28)26(13-16)19-5-4-6-20(12-19)32-3/h4-10,12,14,16H,11,13H2,1-3H3,(H,24,27)(H,25,29)/t14-,16-/m1/s1. The summed E-state index contributed by atoms with van der Waals surface area (Å²) < 4.78 is 5.33. The molecule has 1 aliphatic heterocycles. The van der Waals surface area contributed by atoms with Crippen molar-refractivity contribution in [3.8, 4) is 0 Å². The highest BCUT2D eigenvalue weighted by atomic mass is 32.2. The summed E-state index contributed by atoms with van der Waals surface area (Å²) in [6, 6.07) is 14.1. The van der Waals surface area contributed by atoms with Crippen LogP contribution in [0.1, 0.15) is 20.3 Å². The van der Waals surface area contributed by atoms with Crippen molar-refractivity contribution in [3.63, 3.8) is 0 Å². The van der Waals surface area contributed by atoms with Gasteiger partial charge in [-0.25, -0.2) is 0 Å². The van der Waals surface area contributed by atoms with Crippen LogP contribution in [0, 0.1) is 5.92 Å². The van der Waals surface area contributed by atoms with E-state index >= 15 is 0 Å². The van der Waals surface area contributed by atoms with Crippen LogP contribution in [-0.2, 0) is 23.9 Å². The predicted octanol–water partition coefficient (Wildman–Crippen LogP) is 3.29. The SMILES string of the molecule is CSc1cccc(N2C[C@H](C(=O)O[C@H](C)C(=O)Nc3ccc(NC(C)=O)cc3)CC2=O)c1. The van der Waals surface area contributed by atoms with E-state index in [0.29, 0.717) is 11.4 Å². The van der Waals surface area contributed by atoms with Gasteiger partial charge in [-0.3, -0.25) is 19.2 Å². The number of esters is 1. The summed E-state index contributed by atoms with van der Waals surface area (Å²) in [7, 11) is 0. The smallest absolute Gasteiger partial charge is 0.312 e. The van der Waals surface area contributed by atoms with E-state index in [1.54, 1.807) is 40.9 Å². The Morgan fingerprint density at radius 2 is 1.75 bits per heavy atom. The molecule has 0 unspecified atom stereocenters. The van der Waals surface area contributed by atoms with Gasteiger partial charge in [-0.2, -0.15) is 0 Å². The molecule has 1 heterocycles. The zero-order chi connectivity index (χ0) is 23.3. The van der Waals surface area contributed by atoms with Gasteiger partial charge in [-0.1, -0.05) is 6.07 Å². The van der Waals surface area contributed by atoms with Crippen molar-refractivity contribution in [2.45, 2.75) is 31.3 Å². The quantitative estimate of drug-likeness (QED) is 0.490. The number of hydrogen-bond donors (Lipinski definition) is 2. The topological polar surface area (TPSA) is 105 Å². The molecule has 0 saturated carbocycles. The number of amides is 3. The Morgan fingerprint density at radius 3 is 2.38 bits per heavy atom. The van der Waals surface area contributed by atoms with Gasteiger partial charge in [0.25, 0.3) is 5.91 Å². The number of hydrogen-bond acceptors (Lipinski definition) is 6. The van der Waals surface area contributed by atoms with Crippen LogP contribution in [0.3, 0.4) is 0 Å². The molecule has 3 rings (SSSR count). The fraction of sp³-hybridized carbons (Fsp3) is 0.304. The summed E-state index contributed by atoms with van der Waals surface area (Å²) in [5, 5.41) is 5.30. The number of anilines is 3. The second-order valence-corrected chi connectivity index (χ2v) is 8.31. The average Bonchev–Trinajstić information content (AvgIpc) is 3.16. The van der Waals surface area contributed by atoms with Gasteiger partial charge in [0.2, 0.25) is 11.8 Å². The molecule has 0 bridgehead atoms. The van der Waals surface area contributed by atoms with Gasteiger partial charge in [-0.05, 0) is 55.6 Å². The van der Waals surface area contributed by atoms with Crippen molar-refractivity contribution in [1.82, 2.24) is 0 Å². The van der Waals surface area contributed by atoms with Crippen LogP contribution in [0.15, 0.2) is 53.4 Å². The van der Waals surface area contributed by atoms with Gasteiger partial charge in [0.05, 0.1) is 5.92 Å². The second-order valence-electron chi connectivity index (χ2n) is 7.43. The highest BCUT2D eigenvalue weighted by molar-refractivity contribution is 7.98. The molecule has 168 valence electrons. The Kier molecular flexibility index (Phi) is 7.53. The van der Waals surface area contributed by atoms with E-state index in [1.165, 1.54) is 13.8 Å². The van der Waals surface area contributed by atoms with Crippen molar-refractivity contribution in [3.05, 3.63) is 48.5 Å². The Balaban J connectivity index is 1.55. The highest BCUT2D eigenvalue weighted by Gasteiger charge is 2.37. The molecule has 1 fully saturated rings. The van der Waals surface area contributed by atoms with Crippen molar-refractivity contribution >= 4 is 52.5 Å². The van der Waals surface area contributed by atoms with E-state index in [4.69, 9.17) is 4.74 Å². The molecule has 2 atom stereocenters. The van der Waals surface area contributed by atoms with Gasteiger partial charge >= 0.3 is 5.97 Å².